The number of nitrogens with zero attached hydrogens (tertiary/aromatic N) is 3. The maximum absolute atomic E-state index is 11.9. The number of rotatable bonds is 2. The number of carboxylic acid groups (broad SMARTS) is 1. The van der Waals surface area contributed by atoms with Gasteiger partial charge in [0, 0.05) is 6.54 Å². The summed E-state index contributed by atoms with van der Waals surface area (Å²) in [4.78, 5) is 35.0. The number of carbonyl (C=O) groups excluding carboxylic acids is 2. The SMILES string of the molecule is O=C1CN(C(=O)c2cnsn2)C(C(=O)O)CN1. The van der Waals surface area contributed by atoms with Crippen molar-refractivity contribution in [3.63, 3.8) is 0 Å². The quantitative estimate of drug-likeness (QED) is 0.670. The lowest BCUT2D eigenvalue weighted by Gasteiger charge is -2.31. The van der Waals surface area contributed by atoms with Crippen molar-refractivity contribution in [3.05, 3.63) is 11.9 Å². The number of aliphatic carboxylic acids is 1. The van der Waals surface area contributed by atoms with Gasteiger partial charge in [0.15, 0.2) is 5.69 Å². The molecule has 1 atom stereocenters. The smallest absolute Gasteiger partial charge is 0.328 e. The topological polar surface area (TPSA) is 112 Å². The van der Waals surface area contributed by atoms with Crippen LogP contribution in [-0.2, 0) is 9.59 Å². The Balaban J connectivity index is 2.23. The number of hydrogen-bond acceptors (Lipinski definition) is 6. The molecule has 9 heteroatoms. The minimum atomic E-state index is -1.17. The molecular formula is C8H8N4O4S. The van der Waals surface area contributed by atoms with E-state index in [9.17, 15) is 14.4 Å². The van der Waals surface area contributed by atoms with Gasteiger partial charge in [0.05, 0.1) is 17.9 Å². The maximum Gasteiger partial charge on any atom is 0.328 e. The summed E-state index contributed by atoms with van der Waals surface area (Å²) in [5.74, 6) is -2.15. The molecule has 1 aromatic rings. The monoisotopic (exact) mass is 256 g/mol. The Kier molecular flexibility index (Phi) is 3.00. The van der Waals surface area contributed by atoms with Gasteiger partial charge in [-0.15, -0.1) is 0 Å². The molecule has 90 valence electrons. The fourth-order valence-corrected chi connectivity index (χ4v) is 1.89. The molecule has 2 heterocycles. The lowest BCUT2D eigenvalue weighted by Crippen LogP contribution is -2.59. The predicted molar refractivity (Wildman–Crippen MR) is 55.4 cm³/mol. The van der Waals surface area contributed by atoms with Crippen LogP contribution in [0.2, 0.25) is 0 Å². The van der Waals surface area contributed by atoms with E-state index >= 15 is 0 Å². The number of aromatic nitrogens is 2. The van der Waals surface area contributed by atoms with Crippen molar-refractivity contribution >= 4 is 29.5 Å². The second-order valence-electron chi connectivity index (χ2n) is 3.38. The lowest BCUT2D eigenvalue weighted by atomic mass is 10.1. The minimum Gasteiger partial charge on any atom is -0.480 e. The maximum atomic E-state index is 11.9. The molecule has 0 aromatic carbocycles. The van der Waals surface area contributed by atoms with Gasteiger partial charge in [-0.05, 0) is 0 Å². The Bertz CT molecular complexity index is 460. The molecule has 1 fully saturated rings. The first kappa shape index (κ1) is 11.5. The summed E-state index contributed by atoms with van der Waals surface area (Å²) in [5.41, 5.74) is 0.0518. The summed E-state index contributed by atoms with van der Waals surface area (Å²) in [6.45, 7) is -0.384. The van der Waals surface area contributed by atoms with Crippen molar-refractivity contribution in [2.45, 2.75) is 6.04 Å². The Morgan fingerprint density at radius 1 is 1.59 bits per heavy atom. The van der Waals surface area contributed by atoms with E-state index in [-0.39, 0.29) is 24.7 Å². The molecule has 1 unspecified atom stereocenters. The van der Waals surface area contributed by atoms with Crippen LogP contribution in [0.25, 0.3) is 0 Å². The fourth-order valence-electron chi connectivity index (χ4n) is 1.48. The van der Waals surface area contributed by atoms with E-state index in [1.807, 2.05) is 0 Å². The zero-order valence-corrected chi connectivity index (χ0v) is 9.31. The number of piperazine rings is 1. The molecular weight excluding hydrogens is 248 g/mol. The fraction of sp³-hybridized carbons (Fsp3) is 0.375. The van der Waals surface area contributed by atoms with Crippen molar-refractivity contribution in [3.8, 4) is 0 Å². The van der Waals surface area contributed by atoms with Gasteiger partial charge in [0.1, 0.15) is 12.6 Å². The number of hydrogen-bond donors (Lipinski definition) is 2. The molecule has 2 N–H and O–H groups in total. The van der Waals surface area contributed by atoms with E-state index in [1.165, 1.54) is 6.20 Å². The molecule has 0 spiro atoms. The molecule has 0 radical (unpaired) electrons. The third kappa shape index (κ3) is 2.23. The van der Waals surface area contributed by atoms with Crippen molar-refractivity contribution in [2.24, 2.45) is 0 Å². The van der Waals surface area contributed by atoms with E-state index in [2.05, 4.69) is 14.1 Å². The molecule has 1 aliphatic rings. The predicted octanol–water partition coefficient (Wildman–Crippen LogP) is -1.44. The first-order valence-electron chi connectivity index (χ1n) is 4.67. The Hall–Kier alpha value is -2.03. The number of carboxylic acids is 1. The van der Waals surface area contributed by atoms with Crippen LogP contribution in [0.15, 0.2) is 6.20 Å². The molecule has 2 amide bonds. The van der Waals surface area contributed by atoms with Crippen LogP contribution < -0.4 is 5.32 Å². The third-order valence-electron chi connectivity index (χ3n) is 2.31. The average Bonchev–Trinajstić information content (AvgIpc) is 2.80. The highest BCUT2D eigenvalue weighted by Crippen LogP contribution is 2.10. The van der Waals surface area contributed by atoms with Crippen LogP contribution in [0.4, 0.5) is 0 Å². The van der Waals surface area contributed by atoms with Crippen LogP contribution in [0, 0.1) is 0 Å². The van der Waals surface area contributed by atoms with Crippen LogP contribution in [0.3, 0.4) is 0 Å². The Labute approximate surface area is 99.6 Å². The third-order valence-corrected chi connectivity index (χ3v) is 2.79. The normalized spacial score (nSPS) is 19.9. The molecule has 1 aromatic heterocycles. The zero-order chi connectivity index (χ0) is 12.4. The summed E-state index contributed by atoms with van der Waals surface area (Å²) >= 11 is 0.847. The standard InChI is InChI=1S/C8H8N4O4S/c13-6-3-12(5(2-9-6)8(15)16)7(14)4-1-10-17-11-4/h1,5H,2-3H2,(H,9,13)(H,15,16). The molecule has 17 heavy (non-hydrogen) atoms. The van der Waals surface area contributed by atoms with Gasteiger partial charge < -0.3 is 15.3 Å². The Morgan fingerprint density at radius 2 is 2.35 bits per heavy atom. The van der Waals surface area contributed by atoms with E-state index in [0.717, 1.165) is 16.6 Å². The number of nitrogens with one attached hydrogen (secondary N) is 1. The highest BCUT2D eigenvalue weighted by molar-refractivity contribution is 6.99. The number of amides is 2. The van der Waals surface area contributed by atoms with Gasteiger partial charge in [-0.2, -0.15) is 8.75 Å². The van der Waals surface area contributed by atoms with Crippen LogP contribution in [0.1, 0.15) is 10.5 Å². The second-order valence-corrected chi connectivity index (χ2v) is 3.94. The van der Waals surface area contributed by atoms with Gasteiger partial charge in [-0.25, -0.2) is 4.79 Å². The van der Waals surface area contributed by atoms with Gasteiger partial charge in [-0.1, -0.05) is 0 Å². The first-order valence-corrected chi connectivity index (χ1v) is 5.40. The molecule has 0 aliphatic carbocycles. The van der Waals surface area contributed by atoms with Crippen LogP contribution in [-0.4, -0.2) is 55.7 Å². The average molecular weight is 256 g/mol. The molecule has 2 rings (SSSR count). The molecule has 0 bridgehead atoms. The molecule has 8 nitrogen and oxygen atoms in total. The zero-order valence-electron chi connectivity index (χ0n) is 8.49. The summed E-state index contributed by atoms with van der Waals surface area (Å²) < 4.78 is 7.39. The molecule has 1 aliphatic heterocycles. The van der Waals surface area contributed by atoms with Crippen molar-refractivity contribution < 1.29 is 19.5 Å². The highest BCUT2D eigenvalue weighted by Gasteiger charge is 2.36. The van der Waals surface area contributed by atoms with Gasteiger partial charge in [-0.3, -0.25) is 9.59 Å². The van der Waals surface area contributed by atoms with Gasteiger partial charge in [0.2, 0.25) is 5.91 Å². The van der Waals surface area contributed by atoms with Gasteiger partial charge in [0.25, 0.3) is 5.91 Å². The summed E-state index contributed by atoms with van der Waals surface area (Å²) in [7, 11) is 0. The van der Waals surface area contributed by atoms with E-state index < -0.39 is 17.9 Å². The number of carbonyl (C=O) groups is 3. The largest absolute Gasteiger partial charge is 0.480 e. The van der Waals surface area contributed by atoms with Crippen LogP contribution in [0.5, 0.6) is 0 Å². The van der Waals surface area contributed by atoms with Crippen molar-refractivity contribution in [1.29, 1.82) is 0 Å². The summed E-state index contributed by atoms with van der Waals surface area (Å²) in [6.07, 6.45) is 1.25. The van der Waals surface area contributed by atoms with E-state index in [4.69, 9.17) is 5.11 Å². The van der Waals surface area contributed by atoms with Crippen LogP contribution >= 0.6 is 11.7 Å². The van der Waals surface area contributed by atoms with Gasteiger partial charge >= 0.3 is 5.97 Å². The molecule has 0 saturated carbocycles. The lowest BCUT2D eigenvalue weighted by molar-refractivity contribution is -0.144. The highest BCUT2D eigenvalue weighted by atomic mass is 32.1. The molecule has 1 saturated heterocycles. The second kappa shape index (κ2) is 4.45. The first-order chi connectivity index (χ1) is 8.09. The summed E-state index contributed by atoms with van der Waals surface area (Å²) in [5, 5.41) is 11.4. The van der Waals surface area contributed by atoms with E-state index in [1.54, 1.807) is 0 Å². The summed E-state index contributed by atoms with van der Waals surface area (Å²) in [6, 6.07) is -1.07. The Morgan fingerprint density at radius 3 is 2.94 bits per heavy atom. The minimum absolute atomic E-state index is 0.0518. The van der Waals surface area contributed by atoms with E-state index in [0.29, 0.717) is 0 Å². The van der Waals surface area contributed by atoms with Crippen molar-refractivity contribution in [2.75, 3.05) is 13.1 Å². The van der Waals surface area contributed by atoms with Crippen molar-refractivity contribution in [1.82, 2.24) is 19.0 Å².